The summed E-state index contributed by atoms with van der Waals surface area (Å²) in [5.41, 5.74) is 2.60. The minimum Gasteiger partial charge on any atom is -0.380 e. The zero-order valence-corrected chi connectivity index (χ0v) is 15.3. The Bertz CT molecular complexity index is 490. The predicted octanol–water partition coefficient (Wildman–Crippen LogP) is 2.66. The van der Waals surface area contributed by atoms with Crippen LogP contribution >= 0.6 is 12.4 Å². The van der Waals surface area contributed by atoms with Gasteiger partial charge in [-0.3, -0.25) is 4.79 Å². The second-order valence-electron chi connectivity index (χ2n) is 6.56. The van der Waals surface area contributed by atoms with Crippen molar-refractivity contribution in [2.24, 2.45) is 0 Å². The molecular formula is C18H29ClN2O2. The maximum atomic E-state index is 12.2. The van der Waals surface area contributed by atoms with Crippen LogP contribution in [-0.4, -0.2) is 37.7 Å². The molecule has 1 aromatic carbocycles. The van der Waals surface area contributed by atoms with Gasteiger partial charge in [0.1, 0.15) is 0 Å². The normalized spacial score (nSPS) is 21.8. The molecule has 0 aliphatic carbocycles. The van der Waals surface area contributed by atoms with E-state index in [1.54, 1.807) is 7.11 Å². The highest BCUT2D eigenvalue weighted by Crippen LogP contribution is 2.16. The zero-order chi connectivity index (χ0) is 16.1. The number of carbonyl (C=O) groups is 1. The molecule has 1 aromatic rings. The maximum Gasteiger partial charge on any atom is 0.237 e. The Kier molecular flexibility index (Phi) is 8.03. The summed E-state index contributed by atoms with van der Waals surface area (Å²) in [6.07, 6.45) is 1.75. The molecule has 3 atom stereocenters. The SMILES string of the molecule is CO[C@@H]1CN[C@@H](C(=O)NC(C)Cc2ccc(C(C)C)cc2)C1.Cl. The Morgan fingerprint density at radius 3 is 2.48 bits per heavy atom. The number of benzene rings is 1. The highest BCUT2D eigenvalue weighted by atomic mass is 35.5. The second-order valence-corrected chi connectivity index (χ2v) is 6.56. The number of carbonyl (C=O) groups excluding carboxylic acids is 1. The van der Waals surface area contributed by atoms with Crippen molar-refractivity contribution in [3.8, 4) is 0 Å². The van der Waals surface area contributed by atoms with Crippen molar-refractivity contribution < 1.29 is 9.53 Å². The molecule has 2 N–H and O–H groups in total. The van der Waals surface area contributed by atoms with E-state index in [0.717, 1.165) is 19.4 Å². The molecule has 0 radical (unpaired) electrons. The zero-order valence-electron chi connectivity index (χ0n) is 14.5. The van der Waals surface area contributed by atoms with Crippen LogP contribution in [0.4, 0.5) is 0 Å². The summed E-state index contributed by atoms with van der Waals surface area (Å²) in [5.74, 6) is 0.624. The molecule has 5 heteroatoms. The van der Waals surface area contributed by atoms with Crippen LogP contribution in [0.1, 0.15) is 44.2 Å². The summed E-state index contributed by atoms with van der Waals surface area (Å²) in [7, 11) is 1.69. The third-order valence-corrected chi connectivity index (χ3v) is 4.32. The number of rotatable bonds is 6. The summed E-state index contributed by atoms with van der Waals surface area (Å²) in [6, 6.07) is 8.67. The Labute approximate surface area is 145 Å². The Morgan fingerprint density at radius 1 is 1.30 bits per heavy atom. The summed E-state index contributed by atoms with van der Waals surface area (Å²) < 4.78 is 5.28. The molecule has 0 spiro atoms. The molecule has 1 aliphatic heterocycles. The van der Waals surface area contributed by atoms with E-state index in [1.165, 1.54) is 11.1 Å². The van der Waals surface area contributed by atoms with E-state index in [4.69, 9.17) is 4.74 Å². The molecule has 2 rings (SSSR count). The minimum atomic E-state index is -0.129. The first-order chi connectivity index (χ1) is 10.5. The molecule has 4 nitrogen and oxygen atoms in total. The van der Waals surface area contributed by atoms with Crippen molar-refractivity contribution in [1.29, 1.82) is 0 Å². The van der Waals surface area contributed by atoms with Crippen LogP contribution in [0.15, 0.2) is 24.3 Å². The van der Waals surface area contributed by atoms with Crippen LogP contribution in [0, 0.1) is 0 Å². The molecular weight excluding hydrogens is 312 g/mol. The fourth-order valence-electron chi connectivity index (χ4n) is 2.87. The number of ether oxygens (including phenoxy) is 1. The topological polar surface area (TPSA) is 50.4 Å². The monoisotopic (exact) mass is 340 g/mol. The van der Waals surface area contributed by atoms with Gasteiger partial charge in [-0.15, -0.1) is 12.4 Å². The van der Waals surface area contributed by atoms with Crippen LogP contribution in [0.3, 0.4) is 0 Å². The second kappa shape index (κ2) is 9.26. The summed E-state index contributed by atoms with van der Waals surface area (Å²) in [4.78, 5) is 12.2. The lowest BCUT2D eigenvalue weighted by molar-refractivity contribution is -0.123. The van der Waals surface area contributed by atoms with Gasteiger partial charge < -0.3 is 15.4 Å². The van der Waals surface area contributed by atoms with Gasteiger partial charge in [-0.1, -0.05) is 38.1 Å². The lowest BCUT2D eigenvalue weighted by Gasteiger charge is -2.18. The summed E-state index contributed by atoms with van der Waals surface area (Å²) >= 11 is 0. The quantitative estimate of drug-likeness (QED) is 0.837. The van der Waals surface area contributed by atoms with Gasteiger partial charge in [0.15, 0.2) is 0 Å². The lowest BCUT2D eigenvalue weighted by atomic mass is 9.99. The molecule has 1 amide bonds. The number of halogens is 1. The van der Waals surface area contributed by atoms with E-state index in [2.05, 4.69) is 55.7 Å². The molecule has 1 fully saturated rings. The van der Waals surface area contributed by atoms with E-state index in [-0.39, 0.29) is 36.5 Å². The fraction of sp³-hybridized carbons (Fsp3) is 0.611. The summed E-state index contributed by atoms with van der Waals surface area (Å²) in [5, 5.41) is 6.30. The standard InChI is InChI=1S/C18H28N2O2.ClH/c1-12(2)15-7-5-14(6-8-15)9-13(3)20-18(21)17-10-16(22-4)11-19-17;/h5-8,12-13,16-17,19H,9-11H2,1-4H3,(H,20,21);1H/t13?,16-,17+;/m0./s1. The van der Waals surface area contributed by atoms with Crippen LogP contribution in [0.2, 0.25) is 0 Å². The van der Waals surface area contributed by atoms with Gasteiger partial charge in [0.05, 0.1) is 12.1 Å². The largest absolute Gasteiger partial charge is 0.380 e. The molecule has 0 saturated carbocycles. The first-order valence-electron chi connectivity index (χ1n) is 8.15. The Hall–Kier alpha value is -1.10. The summed E-state index contributed by atoms with van der Waals surface area (Å²) in [6.45, 7) is 7.19. The molecule has 1 aliphatic rings. The smallest absolute Gasteiger partial charge is 0.237 e. The highest BCUT2D eigenvalue weighted by Gasteiger charge is 2.29. The van der Waals surface area contributed by atoms with Gasteiger partial charge in [-0.2, -0.15) is 0 Å². The molecule has 1 heterocycles. The van der Waals surface area contributed by atoms with Crippen molar-refractivity contribution in [1.82, 2.24) is 10.6 Å². The first-order valence-corrected chi connectivity index (χ1v) is 8.15. The van der Waals surface area contributed by atoms with E-state index in [1.807, 2.05) is 0 Å². The van der Waals surface area contributed by atoms with E-state index in [9.17, 15) is 4.79 Å². The number of nitrogens with one attached hydrogen (secondary N) is 2. The van der Waals surface area contributed by atoms with Crippen LogP contribution < -0.4 is 10.6 Å². The maximum absolute atomic E-state index is 12.2. The molecule has 23 heavy (non-hydrogen) atoms. The molecule has 0 bridgehead atoms. The molecule has 0 aromatic heterocycles. The van der Waals surface area contributed by atoms with E-state index >= 15 is 0 Å². The van der Waals surface area contributed by atoms with Crippen LogP contribution in [-0.2, 0) is 16.0 Å². The molecule has 130 valence electrons. The highest BCUT2D eigenvalue weighted by molar-refractivity contribution is 5.85. The third kappa shape index (κ3) is 5.79. The number of hydrogen-bond acceptors (Lipinski definition) is 3. The Morgan fingerprint density at radius 2 is 1.96 bits per heavy atom. The Balaban J connectivity index is 0.00000264. The van der Waals surface area contributed by atoms with Crippen molar-refractivity contribution in [2.75, 3.05) is 13.7 Å². The average Bonchev–Trinajstić information content (AvgIpc) is 2.96. The van der Waals surface area contributed by atoms with Crippen molar-refractivity contribution >= 4 is 18.3 Å². The number of amides is 1. The van der Waals surface area contributed by atoms with Gasteiger partial charge in [-0.05, 0) is 36.8 Å². The van der Waals surface area contributed by atoms with Crippen molar-refractivity contribution in [3.05, 3.63) is 35.4 Å². The van der Waals surface area contributed by atoms with Crippen LogP contribution in [0.25, 0.3) is 0 Å². The molecule has 1 unspecified atom stereocenters. The third-order valence-electron chi connectivity index (χ3n) is 4.32. The average molecular weight is 341 g/mol. The minimum absolute atomic E-state index is 0. The van der Waals surface area contributed by atoms with Crippen molar-refractivity contribution in [3.63, 3.8) is 0 Å². The van der Waals surface area contributed by atoms with Gasteiger partial charge >= 0.3 is 0 Å². The number of methoxy groups -OCH3 is 1. The fourth-order valence-corrected chi connectivity index (χ4v) is 2.87. The number of hydrogen-bond donors (Lipinski definition) is 2. The lowest BCUT2D eigenvalue weighted by Crippen LogP contribution is -2.44. The van der Waals surface area contributed by atoms with Gasteiger partial charge in [0.25, 0.3) is 0 Å². The van der Waals surface area contributed by atoms with E-state index < -0.39 is 0 Å². The first kappa shape index (κ1) is 19.9. The van der Waals surface area contributed by atoms with Crippen molar-refractivity contribution in [2.45, 2.75) is 57.7 Å². The molecule has 1 saturated heterocycles. The predicted molar refractivity (Wildman–Crippen MR) is 96.3 cm³/mol. The van der Waals surface area contributed by atoms with Gasteiger partial charge in [-0.25, -0.2) is 0 Å². The van der Waals surface area contributed by atoms with E-state index in [0.29, 0.717) is 5.92 Å². The van der Waals surface area contributed by atoms with Gasteiger partial charge in [0, 0.05) is 19.7 Å². The van der Waals surface area contributed by atoms with Gasteiger partial charge in [0.2, 0.25) is 5.91 Å². The van der Waals surface area contributed by atoms with Crippen LogP contribution in [0.5, 0.6) is 0 Å².